The molecule has 1 N–H and O–H groups in total. The number of aromatic nitrogens is 1. The minimum Gasteiger partial charge on any atom is -0.379 e. The fraction of sp³-hybridized carbons (Fsp3) is 0.429. The molecule has 1 unspecified atom stereocenters. The molecule has 2 aromatic rings. The lowest BCUT2D eigenvalue weighted by Crippen LogP contribution is -2.38. The summed E-state index contributed by atoms with van der Waals surface area (Å²) >= 11 is 0. The number of carbonyl (C=O) groups excluding carboxylic acids is 1. The summed E-state index contributed by atoms with van der Waals surface area (Å²) in [7, 11) is 1.79. The second kappa shape index (κ2) is 9.48. The van der Waals surface area contributed by atoms with E-state index in [1.165, 1.54) is 5.56 Å². The monoisotopic (exact) mass is 368 g/mol. The van der Waals surface area contributed by atoms with Crippen LogP contribution < -0.4 is 5.32 Å². The van der Waals surface area contributed by atoms with Gasteiger partial charge in [-0.1, -0.05) is 30.3 Å². The Morgan fingerprint density at radius 2 is 1.89 bits per heavy atom. The topological polar surface area (TPSA) is 57.7 Å². The molecule has 3 rings (SSSR count). The van der Waals surface area contributed by atoms with Crippen LogP contribution in [0.3, 0.4) is 0 Å². The quantitative estimate of drug-likeness (QED) is 0.852. The van der Waals surface area contributed by atoms with E-state index in [4.69, 9.17) is 4.74 Å². The molecule has 6 heteroatoms. The zero-order valence-electron chi connectivity index (χ0n) is 16.1. The molecule has 0 saturated carbocycles. The minimum atomic E-state index is -0.106. The van der Waals surface area contributed by atoms with Crippen LogP contribution in [0.5, 0.6) is 0 Å². The molecule has 27 heavy (non-hydrogen) atoms. The highest BCUT2D eigenvalue weighted by Gasteiger charge is 2.17. The number of amides is 2. The van der Waals surface area contributed by atoms with Crippen molar-refractivity contribution in [3.63, 3.8) is 0 Å². The zero-order valence-corrected chi connectivity index (χ0v) is 16.1. The molecule has 0 radical (unpaired) electrons. The SMILES string of the molecule is CC(c1ccccn1)N(C)C(=O)NCc1ccc(CN2CCOCC2)cc1. The highest BCUT2D eigenvalue weighted by molar-refractivity contribution is 5.74. The maximum Gasteiger partial charge on any atom is 0.317 e. The molecule has 2 heterocycles. The van der Waals surface area contributed by atoms with Gasteiger partial charge in [0.2, 0.25) is 0 Å². The molecule has 0 aliphatic carbocycles. The van der Waals surface area contributed by atoms with Gasteiger partial charge in [0.15, 0.2) is 0 Å². The number of benzene rings is 1. The number of ether oxygens (including phenoxy) is 1. The number of pyridine rings is 1. The molecule has 2 amide bonds. The molecule has 1 fully saturated rings. The lowest BCUT2D eigenvalue weighted by Gasteiger charge is -2.26. The van der Waals surface area contributed by atoms with Crippen LogP contribution in [0.2, 0.25) is 0 Å². The number of nitrogens with zero attached hydrogens (tertiary/aromatic N) is 3. The fourth-order valence-electron chi connectivity index (χ4n) is 3.08. The highest BCUT2D eigenvalue weighted by Crippen LogP contribution is 2.16. The number of morpholine rings is 1. The van der Waals surface area contributed by atoms with Crippen molar-refractivity contribution in [2.24, 2.45) is 0 Å². The van der Waals surface area contributed by atoms with Gasteiger partial charge in [-0.25, -0.2) is 4.79 Å². The average Bonchev–Trinajstić information content (AvgIpc) is 2.73. The fourth-order valence-corrected chi connectivity index (χ4v) is 3.08. The van der Waals surface area contributed by atoms with E-state index in [2.05, 4.69) is 39.5 Å². The van der Waals surface area contributed by atoms with Gasteiger partial charge >= 0.3 is 6.03 Å². The van der Waals surface area contributed by atoms with E-state index in [0.29, 0.717) is 6.54 Å². The Morgan fingerprint density at radius 1 is 1.19 bits per heavy atom. The highest BCUT2D eigenvalue weighted by atomic mass is 16.5. The van der Waals surface area contributed by atoms with Crippen LogP contribution in [-0.2, 0) is 17.8 Å². The number of hydrogen-bond acceptors (Lipinski definition) is 4. The van der Waals surface area contributed by atoms with E-state index in [9.17, 15) is 4.79 Å². The summed E-state index contributed by atoms with van der Waals surface area (Å²) in [6, 6.07) is 14.0. The maximum atomic E-state index is 12.4. The van der Waals surface area contributed by atoms with Gasteiger partial charge in [-0.05, 0) is 30.2 Å². The zero-order chi connectivity index (χ0) is 19.1. The first-order valence-electron chi connectivity index (χ1n) is 9.43. The van der Waals surface area contributed by atoms with Crippen LogP contribution in [0.1, 0.15) is 29.8 Å². The Balaban J connectivity index is 1.48. The van der Waals surface area contributed by atoms with E-state index < -0.39 is 0 Å². The van der Waals surface area contributed by atoms with Crippen molar-refractivity contribution in [1.82, 2.24) is 20.1 Å². The summed E-state index contributed by atoms with van der Waals surface area (Å²) in [4.78, 5) is 20.8. The third-order valence-corrected chi connectivity index (χ3v) is 4.99. The number of rotatable bonds is 6. The van der Waals surface area contributed by atoms with Crippen LogP contribution in [0.15, 0.2) is 48.7 Å². The lowest BCUT2D eigenvalue weighted by molar-refractivity contribution is 0.0342. The van der Waals surface area contributed by atoms with E-state index >= 15 is 0 Å². The average molecular weight is 368 g/mol. The number of urea groups is 1. The van der Waals surface area contributed by atoms with Crippen molar-refractivity contribution in [2.75, 3.05) is 33.4 Å². The molecule has 0 bridgehead atoms. The van der Waals surface area contributed by atoms with Crippen molar-refractivity contribution in [3.8, 4) is 0 Å². The minimum absolute atomic E-state index is 0.0814. The molecule has 144 valence electrons. The summed E-state index contributed by atoms with van der Waals surface area (Å²) in [5.74, 6) is 0. The summed E-state index contributed by atoms with van der Waals surface area (Å²) in [5.41, 5.74) is 3.25. The Bertz CT molecular complexity index is 715. The molecule has 1 aliphatic heterocycles. The molecule has 1 aromatic carbocycles. The molecule has 1 aromatic heterocycles. The van der Waals surface area contributed by atoms with Gasteiger partial charge in [0.25, 0.3) is 0 Å². The molecule has 1 atom stereocenters. The van der Waals surface area contributed by atoms with Crippen molar-refractivity contribution in [1.29, 1.82) is 0 Å². The molecule has 6 nitrogen and oxygen atoms in total. The van der Waals surface area contributed by atoms with Gasteiger partial charge in [0.1, 0.15) is 0 Å². The van der Waals surface area contributed by atoms with E-state index in [1.54, 1.807) is 18.1 Å². The molecule has 1 saturated heterocycles. The second-order valence-electron chi connectivity index (χ2n) is 6.91. The van der Waals surface area contributed by atoms with Crippen molar-refractivity contribution < 1.29 is 9.53 Å². The number of nitrogens with one attached hydrogen (secondary N) is 1. The Morgan fingerprint density at radius 3 is 2.56 bits per heavy atom. The smallest absolute Gasteiger partial charge is 0.317 e. The Kier molecular flexibility index (Phi) is 6.79. The van der Waals surface area contributed by atoms with E-state index in [1.807, 2.05) is 25.1 Å². The summed E-state index contributed by atoms with van der Waals surface area (Å²) in [6.07, 6.45) is 1.75. The third-order valence-electron chi connectivity index (χ3n) is 4.99. The van der Waals surface area contributed by atoms with Crippen LogP contribution in [0, 0.1) is 0 Å². The molecular weight excluding hydrogens is 340 g/mol. The van der Waals surface area contributed by atoms with Crippen LogP contribution >= 0.6 is 0 Å². The maximum absolute atomic E-state index is 12.4. The standard InChI is InChI=1S/C21H28N4O2/c1-17(20-5-3-4-10-22-20)24(2)21(26)23-15-18-6-8-19(9-7-18)16-25-11-13-27-14-12-25/h3-10,17H,11-16H2,1-2H3,(H,23,26). The summed E-state index contributed by atoms with van der Waals surface area (Å²) < 4.78 is 5.39. The van der Waals surface area contributed by atoms with E-state index in [-0.39, 0.29) is 12.1 Å². The van der Waals surface area contributed by atoms with Gasteiger partial charge in [-0.2, -0.15) is 0 Å². The Hall–Kier alpha value is -2.44. The van der Waals surface area contributed by atoms with E-state index in [0.717, 1.165) is 44.1 Å². The first kappa shape index (κ1) is 19.3. The van der Waals surface area contributed by atoms with Gasteiger partial charge in [0.05, 0.1) is 24.9 Å². The van der Waals surface area contributed by atoms with Crippen LogP contribution in [0.25, 0.3) is 0 Å². The van der Waals surface area contributed by atoms with Gasteiger partial charge in [-0.15, -0.1) is 0 Å². The summed E-state index contributed by atoms with van der Waals surface area (Å²) in [5, 5.41) is 2.98. The molecule has 1 aliphatic rings. The predicted octanol–water partition coefficient (Wildman–Crippen LogP) is 2.82. The molecule has 0 spiro atoms. The third kappa shape index (κ3) is 5.52. The number of carbonyl (C=O) groups is 1. The second-order valence-corrected chi connectivity index (χ2v) is 6.91. The summed E-state index contributed by atoms with van der Waals surface area (Å²) in [6.45, 7) is 7.03. The number of hydrogen-bond donors (Lipinski definition) is 1. The lowest BCUT2D eigenvalue weighted by atomic mass is 10.1. The predicted molar refractivity (Wildman–Crippen MR) is 105 cm³/mol. The Labute approximate surface area is 161 Å². The van der Waals surface area contributed by atoms with Gasteiger partial charge in [-0.3, -0.25) is 9.88 Å². The first-order valence-corrected chi connectivity index (χ1v) is 9.43. The van der Waals surface area contributed by atoms with Crippen molar-refractivity contribution in [2.45, 2.75) is 26.1 Å². The van der Waals surface area contributed by atoms with Gasteiger partial charge < -0.3 is 15.0 Å². The van der Waals surface area contributed by atoms with Crippen molar-refractivity contribution >= 4 is 6.03 Å². The largest absolute Gasteiger partial charge is 0.379 e. The molecular formula is C21H28N4O2. The van der Waals surface area contributed by atoms with Crippen LogP contribution in [0.4, 0.5) is 4.79 Å². The van der Waals surface area contributed by atoms with Gasteiger partial charge in [0, 0.05) is 39.4 Å². The van der Waals surface area contributed by atoms with Crippen LogP contribution in [-0.4, -0.2) is 54.2 Å². The normalized spacial score (nSPS) is 15.9. The first-order chi connectivity index (χ1) is 13.1. The van der Waals surface area contributed by atoms with Crippen molar-refractivity contribution in [3.05, 3.63) is 65.5 Å².